The highest BCUT2D eigenvalue weighted by molar-refractivity contribution is 7.89. The molecule has 0 amide bonds. The Kier molecular flexibility index (Phi) is 3.54. The third-order valence-corrected chi connectivity index (χ3v) is 5.64. The molecule has 2 heterocycles. The molecule has 7 heteroatoms. The van der Waals surface area contributed by atoms with E-state index in [2.05, 4.69) is 5.10 Å². The molecule has 0 aliphatic rings. The van der Waals surface area contributed by atoms with Crippen molar-refractivity contribution < 1.29 is 12.8 Å². The highest BCUT2D eigenvalue weighted by Gasteiger charge is 2.29. The van der Waals surface area contributed by atoms with Crippen LogP contribution in [0, 0.1) is 0 Å². The Labute approximate surface area is 129 Å². The fourth-order valence-corrected chi connectivity index (χ4v) is 3.61. The molecule has 0 saturated heterocycles. The second-order valence-corrected chi connectivity index (χ2v) is 7.23. The van der Waals surface area contributed by atoms with Crippen LogP contribution in [-0.4, -0.2) is 29.6 Å². The summed E-state index contributed by atoms with van der Waals surface area (Å²) in [5.41, 5.74) is 0.747. The number of aryl methyl sites for hydroxylation is 1. The highest BCUT2D eigenvalue weighted by Crippen LogP contribution is 2.29. The van der Waals surface area contributed by atoms with Gasteiger partial charge in [0.1, 0.15) is 16.2 Å². The van der Waals surface area contributed by atoms with Crippen LogP contribution in [-0.2, 0) is 17.1 Å². The number of sulfonamides is 1. The number of para-hydroxylation sites is 1. The van der Waals surface area contributed by atoms with Crippen LogP contribution in [0.15, 0.2) is 52.0 Å². The minimum atomic E-state index is -3.61. The van der Waals surface area contributed by atoms with Crippen LogP contribution in [0.25, 0.3) is 11.0 Å². The maximum atomic E-state index is 12.6. The van der Waals surface area contributed by atoms with Crippen LogP contribution < -0.4 is 0 Å². The van der Waals surface area contributed by atoms with Crippen molar-refractivity contribution >= 4 is 21.0 Å². The summed E-state index contributed by atoms with van der Waals surface area (Å²) in [6.45, 7) is 1.80. The molecule has 116 valence electrons. The Morgan fingerprint density at radius 1 is 1.32 bits per heavy atom. The van der Waals surface area contributed by atoms with Gasteiger partial charge in [-0.15, -0.1) is 0 Å². The predicted octanol–water partition coefficient (Wildman–Crippen LogP) is 2.55. The quantitative estimate of drug-likeness (QED) is 0.741. The monoisotopic (exact) mass is 319 g/mol. The number of aromatic nitrogens is 2. The first-order valence-corrected chi connectivity index (χ1v) is 8.29. The van der Waals surface area contributed by atoms with E-state index in [0.29, 0.717) is 5.76 Å². The number of furan rings is 1. The van der Waals surface area contributed by atoms with E-state index in [-0.39, 0.29) is 4.90 Å². The zero-order chi connectivity index (χ0) is 15.9. The normalized spacial score (nSPS) is 13.8. The smallest absolute Gasteiger partial charge is 0.246 e. The Bertz CT molecular complexity index is 878. The van der Waals surface area contributed by atoms with E-state index in [9.17, 15) is 8.42 Å². The van der Waals surface area contributed by atoms with Crippen LogP contribution in [0.5, 0.6) is 0 Å². The van der Waals surface area contributed by atoms with Crippen LogP contribution in [0.3, 0.4) is 0 Å². The summed E-state index contributed by atoms with van der Waals surface area (Å²) in [4.78, 5) is 0.167. The van der Waals surface area contributed by atoms with Gasteiger partial charge in [0.15, 0.2) is 0 Å². The summed E-state index contributed by atoms with van der Waals surface area (Å²) in [7, 11) is -0.389. The van der Waals surface area contributed by atoms with Crippen LogP contribution in [0.1, 0.15) is 18.7 Å². The molecule has 0 aliphatic heterocycles. The second kappa shape index (κ2) is 5.26. The lowest BCUT2D eigenvalue weighted by molar-refractivity contribution is 0.348. The van der Waals surface area contributed by atoms with Gasteiger partial charge in [-0.2, -0.15) is 9.40 Å². The van der Waals surface area contributed by atoms with E-state index in [0.717, 1.165) is 11.0 Å². The van der Waals surface area contributed by atoms with E-state index in [1.165, 1.54) is 21.4 Å². The zero-order valence-electron chi connectivity index (χ0n) is 12.6. The van der Waals surface area contributed by atoms with Crippen molar-refractivity contribution in [3.8, 4) is 0 Å². The fourth-order valence-electron chi connectivity index (χ4n) is 2.29. The van der Waals surface area contributed by atoms with E-state index < -0.39 is 16.1 Å². The van der Waals surface area contributed by atoms with Gasteiger partial charge in [0.05, 0.1) is 12.2 Å². The second-order valence-electron chi connectivity index (χ2n) is 5.23. The molecule has 0 bridgehead atoms. The Morgan fingerprint density at radius 2 is 2.05 bits per heavy atom. The average Bonchev–Trinajstić information content (AvgIpc) is 3.11. The van der Waals surface area contributed by atoms with E-state index >= 15 is 0 Å². The summed E-state index contributed by atoms with van der Waals surface area (Å²) >= 11 is 0. The Morgan fingerprint density at radius 3 is 2.68 bits per heavy atom. The predicted molar refractivity (Wildman–Crippen MR) is 82.8 cm³/mol. The molecule has 0 aliphatic carbocycles. The first kappa shape index (κ1) is 14.8. The first-order valence-electron chi connectivity index (χ1n) is 6.85. The molecule has 1 atom stereocenters. The molecule has 1 aromatic carbocycles. The number of hydrogen-bond donors (Lipinski definition) is 0. The lowest BCUT2D eigenvalue weighted by Crippen LogP contribution is -2.29. The maximum absolute atomic E-state index is 12.6. The molecular weight excluding hydrogens is 302 g/mol. The minimum Gasteiger partial charge on any atom is -0.459 e. The van der Waals surface area contributed by atoms with Crippen molar-refractivity contribution in [1.82, 2.24) is 14.1 Å². The van der Waals surface area contributed by atoms with Crippen LogP contribution in [0.4, 0.5) is 0 Å². The lowest BCUT2D eigenvalue weighted by atomic mass is 10.2. The molecule has 22 heavy (non-hydrogen) atoms. The van der Waals surface area contributed by atoms with Crippen molar-refractivity contribution in [1.29, 1.82) is 0 Å². The number of benzene rings is 1. The summed E-state index contributed by atoms with van der Waals surface area (Å²) in [5, 5.41) is 4.87. The van der Waals surface area contributed by atoms with Gasteiger partial charge in [-0.1, -0.05) is 18.2 Å². The Hall–Kier alpha value is -2.12. The van der Waals surface area contributed by atoms with E-state index in [4.69, 9.17) is 4.42 Å². The summed E-state index contributed by atoms with van der Waals surface area (Å²) in [6.07, 6.45) is 2.83. The molecule has 0 N–H and O–H groups in total. The number of hydrogen-bond acceptors (Lipinski definition) is 4. The molecule has 0 saturated carbocycles. The van der Waals surface area contributed by atoms with Crippen molar-refractivity contribution in [2.75, 3.05) is 7.05 Å². The van der Waals surface area contributed by atoms with Gasteiger partial charge in [-0.25, -0.2) is 8.42 Å². The topological polar surface area (TPSA) is 68.3 Å². The number of nitrogens with zero attached hydrogens (tertiary/aromatic N) is 3. The average molecular weight is 319 g/mol. The van der Waals surface area contributed by atoms with Gasteiger partial charge in [0, 0.05) is 25.7 Å². The molecule has 3 aromatic rings. The van der Waals surface area contributed by atoms with Gasteiger partial charge in [0.25, 0.3) is 0 Å². The van der Waals surface area contributed by atoms with Crippen molar-refractivity contribution in [2.45, 2.75) is 17.9 Å². The van der Waals surface area contributed by atoms with Gasteiger partial charge in [-0.3, -0.25) is 4.68 Å². The maximum Gasteiger partial charge on any atom is 0.246 e. The third kappa shape index (κ3) is 2.42. The van der Waals surface area contributed by atoms with Crippen LogP contribution in [0.2, 0.25) is 0 Å². The molecule has 2 aromatic heterocycles. The largest absolute Gasteiger partial charge is 0.459 e. The summed E-state index contributed by atoms with van der Waals surface area (Å²) in [5.74, 6) is 0.608. The zero-order valence-corrected chi connectivity index (χ0v) is 13.4. The van der Waals surface area contributed by atoms with Crippen LogP contribution >= 0.6 is 0 Å². The third-order valence-electron chi connectivity index (χ3n) is 3.76. The van der Waals surface area contributed by atoms with E-state index in [1.54, 1.807) is 21.0 Å². The van der Waals surface area contributed by atoms with Gasteiger partial charge < -0.3 is 4.42 Å². The molecule has 0 spiro atoms. The molecule has 0 fully saturated rings. The van der Waals surface area contributed by atoms with E-state index in [1.807, 2.05) is 30.3 Å². The number of rotatable bonds is 4. The fraction of sp³-hybridized carbons (Fsp3) is 0.267. The van der Waals surface area contributed by atoms with Gasteiger partial charge in [0.2, 0.25) is 10.0 Å². The van der Waals surface area contributed by atoms with Crippen molar-refractivity contribution in [2.24, 2.45) is 7.05 Å². The molecule has 0 unspecified atom stereocenters. The first-order chi connectivity index (χ1) is 10.4. The SMILES string of the molecule is C[C@H](c1cc2ccccc2o1)N(C)S(=O)(=O)c1cnn(C)c1. The molecular formula is C15H17N3O3S. The number of fused-ring (bicyclic) bond motifs is 1. The van der Waals surface area contributed by atoms with Gasteiger partial charge >= 0.3 is 0 Å². The summed E-state index contributed by atoms with van der Waals surface area (Å²) < 4.78 is 33.7. The summed E-state index contributed by atoms with van der Waals surface area (Å²) in [6, 6.07) is 9.05. The molecule has 3 rings (SSSR count). The Balaban J connectivity index is 1.95. The van der Waals surface area contributed by atoms with Crippen molar-refractivity contribution in [3.05, 3.63) is 48.5 Å². The highest BCUT2D eigenvalue weighted by atomic mass is 32.2. The minimum absolute atomic E-state index is 0.167. The van der Waals surface area contributed by atoms with Crippen molar-refractivity contribution in [3.63, 3.8) is 0 Å². The van der Waals surface area contributed by atoms with Gasteiger partial charge in [-0.05, 0) is 19.1 Å². The lowest BCUT2D eigenvalue weighted by Gasteiger charge is -2.21. The molecule has 0 radical (unpaired) electrons. The standard InChI is InChI=1S/C15H17N3O3S/c1-11(15-8-12-6-4-5-7-14(12)21-15)18(3)22(19,20)13-9-16-17(2)10-13/h4-11H,1-3H3/t11-/m1/s1. The molecule has 6 nitrogen and oxygen atoms in total.